The van der Waals surface area contributed by atoms with Crippen molar-refractivity contribution in [3.8, 4) is 0 Å². The minimum Gasteiger partial charge on any atom is -0.379 e. The van der Waals surface area contributed by atoms with E-state index >= 15 is 0 Å². The highest BCUT2D eigenvalue weighted by Gasteiger charge is 2.28. The number of nitrogens with zero attached hydrogens (tertiary/aromatic N) is 3. The summed E-state index contributed by atoms with van der Waals surface area (Å²) in [5, 5.41) is 6.52. The third kappa shape index (κ3) is 8.16. The van der Waals surface area contributed by atoms with Crippen molar-refractivity contribution < 1.29 is 9.53 Å². The molecule has 0 saturated carbocycles. The molecule has 1 saturated heterocycles. The second-order valence-corrected chi connectivity index (χ2v) is 6.30. The fourth-order valence-electron chi connectivity index (χ4n) is 2.31. The lowest BCUT2D eigenvalue weighted by Crippen LogP contribution is -2.56. The molecule has 0 radical (unpaired) electrons. The average molecular weight is 441 g/mol. The predicted molar refractivity (Wildman–Crippen MR) is 105 cm³/mol. The molecule has 0 unspecified atom stereocenters. The molecule has 7 nitrogen and oxygen atoms in total. The van der Waals surface area contributed by atoms with E-state index in [-0.39, 0.29) is 35.4 Å². The first-order chi connectivity index (χ1) is 10.4. The van der Waals surface area contributed by atoms with Crippen LogP contribution in [0.5, 0.6) is 0 Å². The molecule has 0 aliphatic carbocycles. The van der Waals surface area contributed by atoms with E-state index < -0.39 is 0 Å². The highest BCUT2D eigenvalue weighted by molar-refractivity contribution is 14.0. The van der Waals surface area contributed by atoms with E-state index in [0.717, 1.165) is 38.8 Å². The van der Waals surface area contributed by atoms with Crippen LogP contribution in [0.25, 0.3) is 0 Å². The number of amides is 1. The third-order valence-corrected chi connectivity index (χ3v) is 3.91. The van der Waals surface area contributed by atoms with E-state index in [1.165, 1.54) is 0 Å². The van der Waals surface area contributed by atoms with E-state index in [2.05, 4.69) is 34.4 Å². The Morgan fingerprint density at radius 3 is 2.39 bits per heavy atom. The van der Waals surface area contributed by atoms with Gasteiger partial charge in [0.05, 0.1) is 13.2 Å². The monoisotopic (exact) mass is 441 g/mol. The Kier molecular flexibility index (Phi) is 10.7. The Morgan fingerprint density at radius 1 is 1.26 bits per heavy atom. The molecule has 1 aliphatic heterocycles. The van der Waals surface area contributed by atoms with Crippen LogP contribution in [0.1, 0.15) is 20.3 Å². The summed E-state index contributed by atoms with van der Waals surface area (Å²) in [7, 11) is 5.27. The smallest absolute Gasteiger partial charge is 0.223 e. The minimum absolute atomic E-state index is 0. The van der Waals surface area contributed by atoms with Gasteiger partial charge in [-0.25, -0.2) is 0 Å². The number of carbonyl (C=O) groups excluding carboxylic acids is 1. The number of rotatable bonds is 6. The molecule has 1 aliphatic rings. The zero-order valence-corrected chi connectivity index (χ0v) is 17.3. The molecule has 0 bridgehead atoms. The molecule has 0 aromatic heterocycles. The lowest BCUT2D eigenvalue weighted by atomic mass is 10.0. The summed E-state index contributed by atoms with van der Waals surface area (Å²) in [6, 6.07) is 0. The maximum atomic E-state index is 11.5. The van der Waals surface area contributed by atoms with Gasteiger partial charge in [-0.3, -0.25) is 14.7 Å². The lowest BCUT2D eigenvalue weighted by Gasteiger charge is -2.41. The SMILES string of the molecule is CN=C(NCCC(=O)N(C)C)NCC(C)(C)N1CCOCC1.I. The van der Waals surface area contributed by atoms with Crippen molar-refractivity contribution >= 4 is 35.8 Å². The van der Waals surface area contributed by atoms with E-state index in [0.29, 0.717) is 13.0 Å². The van der Waals surface area contributed by atoms with Crippen LogP contribution in [0.4, 0.5) is 0 Å². The van der Waals surface area contributed by atoms with Gasteiger partial charge in [0.2, 0.25) is 5.91 Å². The van der Waals surface area contributed by atoms with Gasteiger partial charge in [-0.1, -0.05) is 0 Å². The number of nitrogens with one attached hydrogen (secondary N) is 2. The number of carbonyl (C=O) groups is 1. The number of guanidine groups is 1. The standard InChI is InChI=1S/C15H31N5O2.HI/c1-15(2,20-8-10-22-11-9-20)12-18-14(16-3)17-7-6-13(21)19(4)5;/h6-12H2,1-5H3,(H2,16,17,18);1H. The number of aliphatic imine (C=N–C) groups is 1. The Balaban J connectivity index is 0.00000484. The molecule has 8 heteroatoms. The van der Waals surface area contributed by atoms with Gasteiger partial charge in [0, 0.05) is 59.3 Å². The first-order valence-electron chi connectivity index (χ1n) is 7.84. The van der Waals surface area contributed by atoms with Gasteiger partial charge in [-0.15, -0.1) is 24.0 Å². The Bertz CT molecular complexity index is 382. The van der Waals surface area contributed by atoms with Crippen LogP contribution in [0.2, 0.25) is 0 Å². The molecule has 1 fully saturated rings. The van der Waals surface area contributed by atoms with Gasteiger partial charge in [0.25, 0.3) is 0 Å². The summed E-state index contributed by atoms with van der Waals surface area (Å²) in [5.41, 5.74) is 0.0286. The normalized spacial score (nSPS) is 16.5. The van der Waals surface area contributed by atoms with Gasteiger partial charge in [-0.05, 0) is 13.8 Å². The fourth-order valence-corrected chi connectivity index (χ4v) is 2.31. The van der Waals surface area contributed by atoms with Crippen LogP contribution in [0, 0.1) is 0 Å². The molecular weight excluding hydrogens is 409 g/mol. The quantitative estimate of drug-likeness (QED) is 0.354. The number of hydrogen-bond donors (Lipinski definition) is 2. The molecule has 136 valence electrons. The van der Waals surface area contributed by atoms with Gasteiger partial charge < -0.3 is 20.3 Å². The predicted octanol–water partition coefficient (Wildman–Crippen LogP) is 0.359. The Labute approximate surface area is 157 Å². The average Bonchev–Trinajstić information content (AvgIpc) is 2.51. The van der Waals surface area contributed by atoms with Crippen molar-refractivity contribution in [2.45, 2.75) is 25.8 Å². The van der Waals surface area contributed by atoms with Crippen molar-refractivity contribution in [3.05, 3.63) is 0 Å². The van der Waals surface area contributed by atoms with Crippen LogP contribution in [-0.2, 0) is 9.53 Å². The molecule has 23 heavy (non-hydrogen) atoms. The number of ether oxygens (including phenoxy) is 1. The first-order valence-corrected chi connectivity index (χ1v) is 7.84. The van der Waals surface area contributed by atoms with Crippen LogP contribution in [0.15, 0.2) is 4.99 Å². The van der Waals surface area contributed by atoms with Crippen molar-refractivity contribution in [1.29, 1.82) is 0 Å². The van der Waals surface area contributed by atoms with Crippen LogP contribution >= 0.6 is 24.0 Å². The van der Waals surface area contributed by atoms with Crippen LogP contribution in [0.3, 0.4) is 0 Å². The zero-order chi connectivity index (χ0) is 16.6. The summed E-state index contributed by atoms with van der Waals surface area (Å²) in [4.78, 5) is 19.8. The summed E-state index contributed by atoms with van der Waals surface area (Å²) in [6.07, 6.45) is 0.459. The largest absolute Gasteiger partial charge is 0.379 e. The first kappa shape index (κ1) is 22.4. The molecule has 1 heterocycles. The molecule has 0 atom stereocenters. The second kappa shape index (κ2) is 11.0. The number of morpholine rings is 1. The number of hydrogen-bond acceptors (Lipinski definition) is 4. The number of halogens is 1. The highest BCUT2D eigenvalue weighted by atomic mass is 127. The molecule has 2 N–H and O–H groups in total. The minimum atomic E-state index is 0. The van der Waals surface area contributed by atoms with Gasteiger partial charge >= 0.3 is 0 Å². The van der Waals surface area contributed by atoms with Crippen LogP contribution in [-0.4, -0.2) is 87.7 Å². The third-order valence-electron chi connectivity index (χ3n) is 3.91. The molecule has 0 spiro atoms. The second-order valence-electron chi connectivity index (χ2n) is 6.30. The zero-order valence-electron chi connectivity index (χ0n) is 15.0. The summed E-state index contributed by atoms with van der Waals surface area (Å²) < 4.78 is 5.40. The molecule has 0 aromatic carbocycles. The maximum Gasteiger partial charge on any atom is 0.223 e. The maximum absolute atomic E-state index is 11.5. The van der Waals surface area contributed by atoms with Crippen LogP contribution < -0.4 is 10.6 Å². The topological polar surface area (TPSA) is 69.2 Å². The van der Waals surface area contributed by atoms with E-state index in [1.54, 1.807) is 26.0 Å². The van der Waals surface area contributed by atoms with Crippen molar-refractivity contribution in [3.63, 3.8) is 0 Å². The van der Waals surface area contributed by atoms with E-state index in [1.807, 2.05) is 0 Å². The fraction of sp³-hybridized carbons (Fsp3) is 0.867. The van der Waals surface area contributed by atoms with E-state index in [9.17, 15) is 4.79 Å². The van der Waals surface area contributed by atoms with Gasteiger partial charge in [0.15, 0.2) is 5.96 Å². The molecular formula is C15H32IN5O2. The Morgan fingerprint density at radius 2 is 1.87 bits per heavy atom. The Hall–Kier alpha value is -0.610. The van der Waals surface area contributed by atoms with Gasteiger partial charge in [0.1, 0.15) is 0 Å². The summed E-state index contributed by atoms with van der Waals surface area (Å²) in [6.45, 7) is 9.30. The van der Waals surface area contributed by atoms with Gasteiger partial charge in [-0.2, -0.15) is 0 Å². The highest BCUT2D eigenvalue weighted by Crippen LogP contribution is 2.14. The molecule has 0 aromatic rings. The van der Waals surface area contributed by atoms with Crippen molar-refractivity contribution in [2.24, 2.45) is 4.99 Å². The molecule has 1 amide bonds. The molecule has 1 rings (SSSR count). The van der Waals surface area contributed by atoms with Crippen molar-refractivity contribution in [1.82, 2.24) is 20.4 Å². The van der Waals surface area contributed by atoms with Crippen molar-refractivity contribution in [2.75, 3.05) is 60.5 Å². The summed E-state index contributed by atoms with van der Waals surface area (Å²) in [5.74, 6) is 0.837. The lowest BCUT2D eigenvalue weighted by molar-refractivity contribution is -0.128. The van der Waals surface area contributed by atoms with E-state index in [4.69, 9.17) is 4.74 Å². The summed E-state index contributed by atoms with van der Waals surface area (Å²) >= 11 is 0.